The second-order valence-electron chi connectivity index (χ2n) is 3.41. The summed E-state index contributed by atoms with van der Waals surface area (Å²) in [4.78, 5) is 22.8. The summed E-state index contributed by atoms with van der Waals surface area (Å²) in [5.41, 5.74) is 6.28. The van der Waals surface area contributed by atoms with Gasteiger partial charge in [-0.25, -0.2) is 4.79 Å². The number of esters is 1. The van der Waals surface area contributed by atoms with Crippen LogP contribution in [0.5, 0.6) is 5.75 Å². The first-order chi connectivity index (χ1) is 8.60. The molecule has 0 saturated carbocycles. The zero-order valence-corrected chi connectivity index (χ0v) is 10.4. The third-order valence-corrected chi connectivity index (χ3v) is 2.17. The molecule has 1 rings (SSSR count). The van der Waals surface area contributed by atoms with Gasteiger partial charge in [-0.3, -0.25) is 4.79 Å². The van der Waals surface area contributed by atoms with E-state index in [4.69, 9.17) is 15.2 Å². The van der Waals surface area contributed by atoms with Gasteiger partial charge in [-0.2, -0.15) is 0 Å². The molecule has 0 heterocycles. The minimum Gasteiger partial charge on any atom is -0.491 e. The number of hydrogen-bond donors (Lipinski definition) is 2. The quantitative estimate of drug-likeness (QED) is 0.590. The van der Waals surface area contributed by atoms with Gasteiger partial charge in [0.15, 0.2) is 12.4 Å². The van der Waals surface area contributed by atoms with Crippen LogP contribution < -0.4 is 15.8 Å². The van der Waals surface area contributed by atoms with Crippen LogP contribution in [-0.4, -0.2) is 32.1 Å². The van der Waals surface area contributed by atoms with Crippen molar-refractivity contribution in [2.24, 2.45) is 0 Å². The Labute approximate surface area is 105 Å². The lowest BCUT2D eigenvalue weighted by Crippen LogP contribution is -2.25. The number of hydrogen-bond acceptors (Lipinski definition) is 5. The van der Waals surface area contributed by atoms with Crippen molar-refractivity contribution in [2.45, 2.75) is 6.92 Å². The monoisotopic (exact) mass is 252 g/mol. The van der Waals surface area contributed by atoms with E-state index in [0.717, 1.165) is 0 Å². The van der Waals surface area contributed by atoms with Crippen molar-refractivity contribution in [1.29, 1.82) is 0 Å². The molecule has 0 unspecified atom stereocenters. The number of rotatable bonds is 5. The van der Waals surface area contributed by atoms with Crippen LogP contribution in [0.1, 0.15) is 17.3 Å². The van der Waals surface area contributed by atoms with E-state index in [1.54, 1.807) is 19.1 Å². The van der Waals surface area contributed by atoms with Gasteiger partial charge in [-0.1, -0.05) is 6.07 Å². The number of amides is 1. The molecule has 18 heavy (non-hydrogen) atoms. The van der Waals surface area contributed by atoms with Crippen LogP contribution in [0.4, 0.5) is 5.69 Å². The predicted molar refractivity (Wildman–Crippen MR) is 66.4 cm³/mol. The van der Waals surface area contributed by atoms with Crippen molar-refractivity contribution in [3.8, 4) is 5.75 Å². The fraction of sp³-hybridized carbons (Fsp3) is 0.333. The van der Waals surface area contributed by atoms with Crippen LogP contribution in [0.25, 0.3) is 0 Å². The number of nitrogen functional groups attached to an aromatic ring is 1. The number of benzene rings is 1. The van der Waals surface area contributed by atoms with E-state index < -0.39 is 5.97 Å². The van der Waals surface area contributed by atoms with Gasteiger partial charge in [-0.15, -0.1) is 0 Å². The molecule has 6 nitrogen and oxygen atoms in total. The highest BCUT2D eigenvalue weighted by Gasteiger charge is 2.17. The van der Waals surface area contributed by atoms with Gasteiger partial charge < -0.3 is 20.5 Å². The van der Waals surface area contributed by atoms with Gasteiger partial charge in [0.2, 0.25) is 0 Å². The zero-order valence-electron chi connectivity index (χ0n) is 10.4. The first-order valence-electron chi connectivity index (χ1n) is 5.49. The molecule has 0 bridgehead atoms. The minimum atomic E-state index is -0.644. The number of anilines is 1. The van der Waals surface area contributed by atoms with Gasteiger partial charge in [0, 0.05) is 7.05 Å². The number of likely N-dealkylation sites (N-methyl/N-ethyl adjacent to an activating group) is 1. The molecule has 0 fully saturated rings. The summed E-state index contributed by atoms with van der Waals surface area (Å²) in [6, 6.07) is 4.78. The second-order valence-corrected chi connectivity index (χ2v) is 3.41. The van der Waals surface area contributed by atoms with E-state index >= 15 is 0 Å². The number of nitrogens with one attached hydrogen (secondary N) is 1. The number of nitrogens with two attached hydrogens (primary N) is 1. The number of carbonyl (C=O) groups excluding carboxylic acids is 2. The van der Waals surface area contributed by atoms with Gasteiger partial charge >= 0.3 is 5.97 Å². The number of para-hydroxylation sites is 1. The topological polar surface area (TPSA) is 90.7 Å². The Morgan fingerprint density at radius 3 is 2.72 bits per heavy atom. The minimum absolute atomic E-state index is 0.209. The smallest absolute Gasteiger partial charge is 0.342 e. The van der Waals surface area contributed by atoms with Crippen LogP contribution >= 0.6 is 0 Å². The molecular weight excluding hydrogens is 236 g/mol. The first kappa shape index (κ1) is 13.8. The molecule has 1 amide bonds. The fourth-order valence-corrected chi connectivity index (χ4v) is 1.30. The normalized spacial score (nSPS) is 9.67. The average Bonchev–Trinajstić information content (AvgIpc) is 2.38. The standard InChI is InChI=1S/C12H16N2O4/c1-3-17-11-8(5-4-6-9(11)13)12(16)18-7-10(15)14-2/h4-6H,3,7,13H2,1-2H3,(H,14,15). The Hall–Kier alpha value is -2.24. The van der Waals surface area contributed by atoms with Crippen molar-refractivity contribution < 1.29 is 19.1 Å². The maximum absolute atomic E-state index is 11.8. The van der Waals surface area contributed by atoms with E-state index in [2.05, 4.69) is 5.32 Å². The molecule has 0 radical (unpaired) electrons. The van der Waals surface area contributed by atoms with Crippen LogP contribution in [0.15, 0.2) is 18.2 Å². The van der Waals surface area contributed by atoms with E-state index in [-0.39, 0.29) is 23.8 Å². The van der Waals surface area contributed by atoms with Crippen LogP contribution in [-0.2, 0) is 9.53 Å². The van der Waals surface area contributed by atoms with E-state index in [1.807, 2.05) is 0 Å². The Bertz CT molecular complexity index is 446. The molecule has 0 aliphatic carbocycles. The maximum Gasteiger partial charge on any atom is 0.342 e. The maximum atomic E-state index is 11.8. The van der Waals surface area contributed by atoms with Crippen molar-refractivity contribution in [1.82, 2.24) is 5.32 Å². The fourth-order valence-electron chi connectivity index (χ4n) is 1.30. The molecule has 0 spiro atoms. The van der Waals surface area contributed by atoms with E-state index in [9.17, 15) is 9.59 Å². The second kappa shape index (κ2) is 6.48. The predicted octanol–water partition coefficient (Wildman–Crippen LogP) is 0.570. The highest BCUT2D eigenvalue weighted by molar-refractivity contribution is 5.95. The summed E-state index contributed by atoms with van der Waals surface area (Å²) < 4.78 is 10.1. The Morgan fingerprint density at radius 1 is 1.39 bits per heavy atom. The third kappa shape index (κ3) is 3.38. The first-order valence-corrected chi connectivity index (χ1v) is 5.49. The third-order valence-electron chi connectivity index (χ3n) is 2.17. The summed E-state index contributed by atoms with van der Waals surface area (Å²) in [5, 5.41) is 2.35. The molecule has 1 aromatic rings. The molecule has 98 valence electrons. The summed E-state index contributed by atoms with van der Waals surface area (Å²) in [6.45, 7) is 1.83. The van der Waals surface area contributed by atoms with Crippen molar-refractivity contribution in [2.75, 3.05) is 26.0 Å². The SMILES string of the molecule is CCOc1c(N)cccc1C(=O)OCC(=O)NC. The molecule has 0 aliphatic heterocycles. The van der Waals surface area contributed by atoms with Gasteiger partial charge in [0.25, 0.3) is 5.91 Å². The molecule has 0 saturated heterocycles. The summed E-state index contributed by atoms with van der Waals surface area (Å²) in [5.74, 6) is -0.749. The molecular formula is C12H16N2O4. The Kier molecular flexibility index (Phi) is 4.98. The highest BCUT2D eigenvalue weighted by Crippen LogP contribution is 2.26. The van der Waals surface area contributed by atoms with Crippen molar-refractivity contribution >= 4 is 17.6 Å². The highest BCUT2D eigenvalue weighted by atomic mass is 16.5. The summed E-state index contributed by atoms with van der Waals surface area (Å²) in [7, 11) is 1.46. The summed E-state index contributed by atoms with van der Waals surface area (Å²) >= 11 is 0. The molecule has 1 aromatic carbocycles. The Morgan fingerprint density at radius 2 is 2.11 bits per heavy atom. The lowest BCUT2D eigenvalue weighted by Gasteiger charge is -2.11. The van der Waals surface area contributed by atoms with Crippen molar-refractivity contribution in [3.63, 3.8) is 0 Å². The molecule has 0 aliphatic rings. The molecule has 3 N–H and O–H groups in total. The molecule has 6 heteroatoms. The van der Waals surface area contributed by atoms with Gasteiger partial charge in [-0.05, 0) is 19.1 Å². The number of carbonyl (C=O) groups is 2. The van der Waals surface area contributed by atoms with Gasteiger partial charge in [0.1, 0.15) is 5.56 Å². The zero-order chi connectivity index (χ0) is 13.5. The van der Waals surface area contributed by atoms with E-state index in [1.165, 1.54) is 13.1 Å². The molecule has 0 aromatic heterocycles. The lowest BCUT2D eigenvalue weighted by molar-refractivity contribution is -0.123. The van der Waals surface area contributed by atoms with Crippen LogP contribution in [0.3, 0.4) is 0 Å². The molecule has 0 atom stereocenters. The lowest BCUT2D eigenvalue weighted by atomic mass is 10.2. The Balaban J connectivity index is 2.84. The average molecular weight is 252 g/mol. The largest absolute Gasteiger partial charge is 0.491 e. The van der Waals surface area contributed by atoms with Crippen LogP contribution in [0, 0.1) is 0 Å². The van der Waals surface area contributed by atoms with Crippen molar-refractivity contribution in [3.05, 3.63) is 23.8 Å². The summed E-state index contributed by atoms with van der Waals surface area (Å²) in [6.07, 6.45) is 0. The van der Waals surface area contributed by atoms with E-state index in [0.29, 0.717) is 12.3 Å². The van der Waals surface area contributed by atoms with Gasteiger partial charge in [0.05, 0.1) is 12.3 Å². The van der Waals surface area contributed by atoms with Crippen LogP contribution in [0.2, 0.25) is 0 Å². The number of ether oxygens (including phenoxy) is 2.